The maximum atomic E-state index is 12.5. The Hall–Kier alpha value is -2.12. The molecule has 124 valence electrons. The van der Waals surface area contributed by atoms with Gasteiger partial charge in [-0.3, -0.25) is 4.79 Å². The molecule has 0 aliphatic carbocycles. The molecule has 0 bridgehead atoms. The molecule has 0 aliphatic rings. The van der Waals surface area contributed by atoms with Gasteiger partial charge in [0.15, 0.2) is 0 Å². The van der Waals surface area contributed by atoms with Gasteiger partial charge < -0.3 is 11.1 Å². The Morgan fingerprint density at radius 1 is 1.26 bits per heavy atom. The van der Waals surface area contributed by atoms with Crippen molar-refractivity contribution in [3.05, 3.63) is 59.2 Å². The Morgan fingerprint density at radius 3 is 2.48 bits per heavy atom. The molecular weight excluding hydrogens is 326 g/mol. The number of alkyl halides is 2. The summed E-state index contributed by atoms with van der Waals surface area (Å²) in [5, 5.41) is 2.62. The maximum Gasteiger partial charge on any atom is 0.280 e. The third kappa shape index (κ3) is 5.22. The first-order valence-electron chi connectivity index (χ1n) is 6.70. The number of benzene rings is 1. The molecule has 1 aromatic heterocycles. The minimum absolute atomic E-state index is 0. The van der Waals surface area contributed by atoms with Crippen LogP contribution in [-0.2, 0) is 6.54 Å². The molecule has 1 unspecified atom stereocenters. The summed E-state index contributed by atoms with van der Waals surface area (Å²) < 4.78 is 25.1. The highest BCUT2D eigenvalue weighted by atomic mass is 35.5. The molecule has 2 rings (SSSR count). The molecule has 23 heavy (non-hydrogen) atoms. The predicted molar refractivity (Wildman–Crippen MR) is 84.5 cm³/mol. The average molecular weight is 343 g/mol. The van der Waals surface area contributed by atoms with Crippen LogP contribution in [0.25, 0.3) is 0 Å². The predicted octanol–water partition coefficient (Wildman–Crippen LogP) is 2.79. The molecular formula is C15H17ClF2N4O. The van der Waals surface area contributed by atoms with Crippen LogP contribution < -0.4 is 11.1 Å². The Labute approximate surface area is 138 Å². The number of nitrogens with two attached hydrogens (primary N) is 1. The van der Waals surface area contributed by atoms with Gasteiger partial charge in [0.1, 0.15) is 17.7 Å². The average Bonchev–Trinajstić information content (AvgIpc) is 2.53. The lowest BCUT2D eigenvalue weighted by atomic mass is 10.1. The van der Waals surface area contributed by atoms with Gasteiger partial charge in [-0.2, -0.15) is 0 Å². The lowest BCUT2D eigenvalue weighted by Crippen LogP contribution is -2.24. The van der Waals surface area contributed by atoms with Crippen molar-refractivity contribution in [2.45, 2.75) is 25.9 Å². The van der Waals surface area contributed by atoms with Crippen LogP contribution in [0.1, 0.15) is 46.7 Å². The van der Waals surface area contributed by atoms with Crippen molar-refractivity contribution < 1.29 is 13.6 Å². The molecule has 3 N–H and O–H groups in total. The Morgan fingerprint density at radius 2 is 1.91 bits per heavy atom. The normalized spacial score (nSPS) is 11.7. The fraction of sp³-hybridized carbons (Fsp3) is 0.267. The van der Waals surface area contributed by atoms with E-state index in [0.717, 1.165) is 23.5 Å². The summed E-state index contributed by atoms with van der Waals surface area (Å²) in [5.74, 6) is -0.527. The number of nitrogens with zero attached hydrogens (tertiary/aromatic N) is 2. The fourth-order valence-electron chi connectivity index (χ4n) is 1.83. The van der Waals surface area contributed by atoms with E-state index in [1.165, 1.54) is 0 Å². The Bertz CT molecular complexity index is 650. The molecule has 5 nitrogen and oxygen atoms in total. The van der Waals surface area contributed by atoms with Crippen LogP contribution in [0, 0.1) is 0 Å². The molecule has 2 aromatic rings. The van der Waals surface area contributed by atoms with Gasteiger partial charge in [0.2, 0.25) is 0 Å². The Balaban J connectivity index is 0.00000264. The van der Waals surface area contributed by atoms with Gasteiger partial charge in [0, 0.05) is 12.6 Å². The van der Waals surface area contributed by atoms with Crippen LogP contribution in [0.5, 0.6) is 0 Å². The van der Waals surface area contributed by atoms with E-state index in [1.54, 1.807) is 0 Å². The zero-order chi connectivity index (χ0) is 16.1. The zero-order valence-corrected chi connectivity index (χ0v) is 13.2. The van der Waals surface area contributed by atoms with Crippen molar-refractivity contribution in [3.8, 4) is 0 Å². The molecule has 1 amide bonds. The SMILES string of the molecule is CC(N)c1ccc(CNC(=O)c2cc(C(F)F)ncn2)cc1.Cl. The van der Waals surface area contributed by atoms with Crippen molar-refractivity contribution in [1.82, 2.24) is 15.3 Å². The number of aromatic nitrogens is 2. The minimum Gasteiger partial charge on any atom is -0.347 e. The highest BCUT2D eigenvalue weighted by molar-refractivity contribution is 5.92. The largest absolute Gasteiger partial charge is 0.347 e. The molecule has 1 aromatic carbocycles. The molecule has 8 heteroatoms. The van der Waals surface area contributed by atoms with Crippen molar-refractivity contribution in [2.75, 3.05) is 0 Å². The van der Waals surface area contributed by atoms with Crippen LogP contribution in [0.3, 0.4) is 0 Å². The number of hydrogen-bond donors (Lipinski definition) is 2. The van der Waals surface area contributed by atoms with E-state index in [-0.39, 0.29) is 30.7 Å². The van der Waals surface area contributed by atoms with E-state index in [2.05, 4.69) is 15.3 Å². The molecule has 0 radical (unpaired) electrons. The number of hydrogen-bond acceptors (Lipinski definition) is 4. The van der Waals surface area contributed by atoms with Crippen molar-refractivity contribution in [1.29, 1.82) is 0 Å². The fourth-order valence-corrected chi connectivity index (χ4v) is 1.83. The van der Waals surface area contributed by atoms with E-state index < -0.39 is 18.0 Å². The number of amides is 1. The summed E-state index contributed by atoms with van der Waals surface area (Å²) >= 11 is 0. The maximum absolute atomic E-state index is 12.5. The van der Waals surface area contributed by atoms with Crippen LogP contribution in [0.15, 0.2) is 36.7 Å². The van der Waals surface area contributed by atoms with Gasteiger partial charge in [0.25, 0.3) is 12.3 Å². The summed E-state index contributed by atoms with van der Waals surface area (Å²) in [5.41, 5.74) is 7.07. The van der Waals surface area contributed by atoms with Crippen molar-refractivity contribution in [2.24, 2.45) is 5.73 Å². The lowest BCUT2D eigenvalue weighted by molar-refractivity contribution is 0.0944. The number of halogens is 3. The molecule has 0 aliphatic heterocycles. The first-order chi connectivity index (χ1) is 10.5. The van der Waals surface area contributed by atoms with Gasteiger partial charge in [-0.1, -0.05) is 24.3 Å². The summed E-state index contributed by atoms with van der Waals surface area (Å²) in [6.45, 7) is 2.15. The topological polar surface area (TPSA) is 80.9 Å². The van der Waals surface area contributed by atoms with E-state index >= 15 is 0 Å². The van der Waals surface area contributed by atoms with E-state index in [9.17, 15) is 13.6 Å². The van der Waals surface area contributed by atoms with Gasteiger partial charge in [-0.25, -0.2) is 18.7 Å². The second-order valence-electron chi connectivity index (χ2n) is 4.84. The first kappa shape index (κ1) is 18.9. The summed E-state index contributed by atoms with van der Waals surface area (Å²) in [4.78, 5) is 19.0. The summed E-state index contributed by atoms with van der Waals surface area (Å²) in [6, 6.07) is 8.39. The number of carbonyl (C=O) groups excluding carboxylic acids is 1. The summed E-state index contributed by atoms with van der Waals surface area (Å²) in [7, 11) is 0. The van der Waals surface area contributed by atoms with Crippen molar-refractivity contribution >= 4 is 18.3 Å². The molecule has 1 atom stereocenters. The van der Waals surface area contributed by atoms with Crippen LogP contribution in [-0.4, -0.2) is 15.9 Å². The zero-order valence-electron chi connectivity index (χ0n) is 12.4. The summed E-state index contributed by atoms with van der Waals surface area (Å²) in [6.07, 6.45) is -1.78. The monoisotopic (exact) mass is 342 g/mol. The number of nitrogens with one attached hydrogen (secondary N) is 1. The van der Waals surface area contributed by atoms with Crippen molar-refractivity contribution in [3.63, 3.8) is 0 Å². The first-order valence-corrected chi connectivity index (χ1v) is 6.70. The molecule has 0 fully saturated rings. The highest BCUT2D eigenvalue weighted by Crippen LogP contribution is 2.15. The second kappa shape index (κ2) is 8.50. The third-order valence-corrected chi connectivity index (χ3v) is 3.10. The highest BCUT2D eigenvalue weighted by Gasteiger charge is 2.13. The quantitative estimate of drug-likeness (QED) is 0.875. The van der Waals surface area contributed by atoms with Crippen LogP contribution >= 0.6 is 12.4 Å². The van der Waals surface area contributed by atoms with Crippen LogP contribution in [0.2, 0.25) is 0 Å². The smallest absolute Gasteiger partial charge is 0.280 e. The minimum atomic E-state index is -2.74. The van der Waals surface area contributed by atoms with Gasteiger partial charge in [-0.15, -0.1) is 12.4 Å². The van der Waals surface area contributed by atoms with Gasteiger partial charge >= 0.3 is 0 Å². The van der Waals surface area contributed by atoms with Crippen LogP contribution in [0.4, 0.5) is 8.78 Å². The molecule has 1 heterocycles. The van der Waals surface area contributed by atoms with E-state index in [0.29, 0.717) is 0 Å². The van der Waals surface area contributed by atoms with E-state index in [1.807, 2.05) is 31.2 Å². The number of carbonyl (C=O) groups is 1. The van der Waals surface area contributed by atoms with Gasteiger partial charge in [0.05, 0.1) is 0 Å². The molecule has 0 saturated carbocycles. The molecule has 0 saturated heterocycles. The molecule has 0 spiro atoms. The van der Waals surface area contributed by atoms with Gasteiger partial charge in [-0.05, 0) is 24.1 Å². The third-order valence-electron chi connectivity index (χ3n) is 3.10. The second-order valence-corrected chi connectivity index (χ2v) is 4.84. The number of rotatable bonds is 5. The Kier molecular flexibility index (Phi) is 6.99. The van der Waals surface area contributed by atoms with E-state index in [4.69, 9.17) is 5.73 Å². The lowest BCUT2D eigenvalue weighted by Gasteiger charge is -2.08. The standard InChI is InChI=1S/C15H16F2N4O.ClH/c1-9(18)11-4-2-10(3-5-11)7-19-15(22)13-6-12(14(16)17)20-8-21-13;/h2-6,8-9,14H,7,18H2,1H3,(H,19,22);1H.